The second-order valence-corrected chi connectivity index (χ2v) is 11.2. The number of anilines is 1. The molecule has 2 fully saturated rings. The first kappa shape index (κ1) is 25.3. The summed E-state index contributed by atoms with van der Waals surface area (Å²) in [6.07, 6.45) is 0.944. The Hall–Kier alpha value is -2.96. The summed E-state index contributed by atoms with van der Waals surface area (Å²) in [7, 11) is 2.12. The lowest BCUT2D eigenvalue weighted by atomic mass is 9.94. The first-order valence-electron chi connectivity index (χ1n) is 13.4. The molecule has 0 aliphatic carbocycles. The van der Waals surface area contributed by atoms with Crippen LogP contribution in [0.2, 0.25) is 5.02 Å². The average molecular weight is 533 g/mol. The fraction of sp³-hybridized carbons (Fsp3) is 0.483. The summed E-state index contributed by atoms with van der Waals surface area (Å²) in [6.45, 7) is 6.78. The van der Waals surface area contributed by atoms with Crippen molar-refractivity contribution in [2.75, 3.05) is 44.7 Å². The van der Waals surface area contributed by atoms with Crippen LogP contribution < -0.4 is 15.0 Å². The van der Waals surface area contributed by atoms with Gasteiger partial charge in [0.1, 0.15) is 11.9 Å². The third-order valence-corrected chi connectivity index (χ3v) is 8.28. The van der Waals surface area contributed by atoms with E-state index in [9.17, 15) is 5.26 Å². The Labute approximate surface area is 228 Å². The van der Waals surface area contributed by atoms with Gasteiger partial charge in [-0.15, -0.1) is 0 Å². The number of likely N-dealkylation sites (tertiary alicyclic amines) is 1. The van der Waals surface area contributed by atoms with Crippen LogP contribution in [-0.4, -0.2) is 66.8 Å². The SMILES string of the molecule is CC1CN(C)CC1Oc1nc2c(c(N3CCN[C@@H](CC#N)C3)n1)COC(c1cccc3cccc(Cl)c13)C2. The lowest BCUT2D eigenvalue weighted by Gasteiger charge is -2.36. The molecule has 2 aromatic carbocycles. The quantitative estimate of drug-likeness (QED) is 0.525. The third-order valence-electron chi connectivity index (χ3n) is 7.97. The van der Waals surface area contributed by atoms with Crippen LogP contribution >= 0.6 is 11.6 Å². The third kappa shape index (κ3) is 4.92. The summed E-state index contributed by atoms with van der Waals surface area (Å²) in [5.41, 5.74) is 3.04. The average Bonchev–Trinajstić information content (AvgIpc) is 3.24. The molecule has 198 valence electrons. The van der Waals surface area contributed by atoms with Gasteiger partial charge in [-0.05, 0) is 24.1 Å². The van der Waals surface area contributed by atoms with E-state index in [1.165, 1.54) is 0 Å². The highest BCUT2D eigenvalue weighted by Crippen LogP contribution is 2.39. The number of fused-ring (bicyclic) bond motifs is 2. The number of hydrogen-bond acceptors (Lipinski definition) is 8. The molecular formula is C29H33ClN6O2. The molecule has 2 saturated heterocycles. The number of halogens is 1. The van der Waals surface area contributed by atoms with Gasteiger partial charge in [-0.2, -0.15) is 15.2 Å². The van der Waals surface area contributed by atoms with Gasteiger partial charge in [0.2, 0.25) is 0 Å². The number of rotatable bonds is 5. The Kier molecular flexibility index (Phi) is 7.10. The molecule has 38 heavy (non-hydrogen) atoms. The van der Waals surface area contributed by atoms with E-state index in [1.54, 1.807) is 0 Å². The van der Waals surface area contributed by atoms with E-state index >= 15 is 0 Å². The van der Waals surface area contributed by atoms with Crippen molar-refractivity contribution in [2.45, 2.75) is 44.6 Å². The zero-order chi connectivity index (χ0) is 26.2. The molecule has 0 spiro atoms. The largest absolute Gasteiger partial charge is 0.458 e. The minimum atomic E-state index is -0.174. The van der Waals surface area contributed by atoms with Crippen molar-refractivity contribution in [3.63, 3.8) is 0 Å². The number of aromatic nitrogens is 2. The monoisotopic (exact) mass is 532 g/mol. The molecule has 1 aromatic heterocycles. The highest BCUT2D eigenvalue weighted by atomic mass is 35.5. The first-order valence-corrected chi connectivity index (χ1v) is 13.8. The normalized spacial score (nSPS) is 25.8. The second kappa shape index (κ2) is 10.7. The minimum Gasteiger partial charge on any atom is -0.458 e. The van der Waals surface area contributed by atoms with E-state index in [0.29, 0.717) is 37.9 Å². The maximum absolute atomic E-state index is 9.26. The van der Waals surface area contributed by atoms with E-state index in [1.807, 2.05) is 12.1 Å². The Morgan fingerprint density at radius 1 is 1.18 bits per heavy atom. The fourth-order valence-electron chi connectivity index (χ4n) is 6.06. The summed E-state index contributed by atoms with van der Waals surface area (Å²) in [5, 5.41) is 15.6. The van der Waals surface area contributed by atoms with Gasteiger partial charge in [-0.25, -0.2) is 0 Å². The van der Waals surface area contributed by atoms with Gasteiger partial charge in [0.25, 0.3) is 0 Å². The summed E-state index contributed by atoms with van der Waals surface area (Å²) in [5.74, 6) is 1.26. The maximum atomic E-state index is 9.26. The molecule has 4 atom stereocenters. The van der Waals surface area contributed by atoms with E-state index in [2.05, 4.69) is 59.4 Å². The van der Waals surface area contributed by atoms with Gasteiger partial charge in [0.15, 0.2) is 0 Å². The Morgan fingerprint density at radius 2 is 2.03 bits per heavy atom. The summed E-state index contributed by atoms with van der Waals surface area (Å²) >= 11 is 6.65. The van der Waals surface area contributed by atoms with Crippen LogP contribution in [0.25, 0.3) is 10.8 Å². The molecule has 9 heteroatoms. The molecule has 3 aromatic rings. The van der Waals surface area contributed by atoms with Crippen LogP contribution in [0.15, 0.2) is 36.4 Å². The van der Waals surface area contributed by atoms with Crippen molar-refractivity contribution in [1.82, 2.24) is 20.2 Å². The van der Waals surface area contributed by atoms with Gasteiger partial charge in [-0.3, -0.25) is 0 Å². The Bertz CT molecular complexity index is 1370. The molecule has 0 radical (unpaired) electrons. The zero-order valence-corrected chi connectivity index (χ0v) is 22.6. The smallest absolute Gasteiger partial charge is 0.318 e. The summed E-state index contributed by atoms with van der Waals surface area (Å²) in [4.78, 5) is 14.5. The number of nitrogens with one attached hydrogen (secondary N) is 1. The van der Waals surface area contributed by atoms with Gasteiger partial charge < -0.3 is 24.6 Å². The number of likely N-dealkylation sites (N-methyl/N-ethyl adjacent to an activating group) is 1. The molecular weight excluding hydrogens is 500 g/mol. The van der Waals surface area contributed by atoms with E-state index < -0.39 is 0 Å². The predicted molar refractivity (Wildman–Crippen MR) is 148 cm³/mol. The van der Waals surface area contributed by atoms with Gasteiger partial charge in [-0.1, -0.05) is 48.9 Å². The standard InChI is InChI=1S/C29H33ClN6O2/c1-18-14-35(2)16-26(18)38-29-33-24-13-25(21-7-3-5-19-6-4-8-23(30)27(19)21)37-17-22(24)28(34-29)36-12-11-32-20(15-36)9-10-31/h3-8,18,20,25-26,32H,9,11-17H2,1-2H3/t18?,20-,25?,26?/m0/s1. The zero-order valence-electron chi connectivity index (χ0n) is 21.9. The number of nitrogens with zero attached hydrogens (tertiary/aromatic N) is 5. The van der Waals surface area contributed by atoms with Crippen molar-refractivity contribution in [3.8, 4) is 12.1 Å². The highest BCUT2D eigenvalue weighted by molar-refractivity contribution is 6.35. The molecule has 1 N–H and O–H groups in total. The lowest BCUT2D eigenvalue weighted by molar-refractivity contribution is 0.0263. The topological polar surface area (TPSA) is 86.5 Å². The summed E-state index contributed by atoms with van der Waals surface area (Å²) < 4.78 is 12.9. The van der Waals surface area contributed by atoms with Crippen molar-refractivity contribution in [1.29, 1.82) is 5.26 Å². The molecule has 3 unspecified atom stereocenters. The number of nitriles is 1. The molecule has 6 rings (SSSR count). The van der Waals surface area contributed by atoms with Gasteiger partial charge >= 0.3 is 6.01 Å². The van der Waals surface area contributed by atoms with Crippen LogP contribution in [0, 0.1) is 17.2 Å². The van der Waals surface area contributed by atoms with Gasteiger partial charge in [0.05, 0.1) is 30.9 Å². The number of hydrogen-bond donors (Lipinski definition) is 1. The molecule has 3 aliphatic rings. The van der Waals surface area contributed by atoms with Crippen LogP contribution in [0.3, 0.4) is 0 Å². The maximum Gasteiger partial charge on any atom is 0.318 e. The van der Waals surface area contributed by atoms with E-state index in [0.717, 1.165) is 64.6 Å². The Balaban J connectivity index is 1.37. The lowest BCUT2D eigenvalue weighted by Crippen LogP contribution is -2.51. The second-order valence-electron chi connectivity index (χ2n) is 10.8. The highest BCUT2D eigenvalue weighted by Gasteiger charge is 2.33. The summed E-state index contributed by atoms with van der Waals surface area (Å²) in [6, 6.07) is 15.0. The fourth-order valence-corrected chi connectivity index (χ4v) is 6.35. The molecule has 4 heterocycles. The molecule has 0 bridgehead atoms. The van der Waals surface area contributed by atoms with E-state index in [-0.39, 0.29) is 18.2 Å². The van der Waals surface area contributed by atoms with Crippen molar-refractivity contribution >= 4 is 28.2 Å². The number of ether oxygens (including phenoxy) is 2. The first-order chi connectivity index (χ1) is 18.5. The van der Waals surface area contributed by atoms with Gasteiger partial charge in [0, 0.05) is 67.1 Å². The number of piperazine rings is 1. The molecule has 0 saturated carbocycles. The van der Waals surface area contributed by atoms with Crippen LogP contribution in [0.1, 0.15) is 36.3 Å². The molecule has 8 nitrogen and oxygen atoms in total. The Morgan fingerprint density at radius 3 is 2.82 bits per heavy atom. The van der Waals surface area contributed by atoms with Crippen LogP contribution in [-0.2, 0) is 17.8 Å². The number of benzene rings is 2. The van der Waals surface area contributed by atoms with Crippen molar-refractivity contribution in [3.05, 3.63) is 58.2 Å². The minimum absolute atomic E-state index is 0.0489. The van der Waals surface area contributed by atoms with Crippen molar-refractivity contribution < 1.29 is 9.47 Å². The van der Waals surface area contributed by atoms with Crippen LogP contribution in [0.5, 0.6) is 6.01 Å². The predicted octanol–water partition coefficient (Wildman–Crippen LogP) is 4.12. The van der Waals surface area contributed by atoms with Crippen LogP contribution in [0.4, 0.5) is 5.82 Å². The molecule has 0 amide bonds. The molecule has 3 aliphatic heterocycles. The van der Waals surface area contributed by atoms with Crippen molar-refractivity contribution in [2.24, 2.45) is 5.92 Å². The van der Waals surface area contributed by atoms with E-state index in [4.69, 9.17) is 31.0 Å².